The predicted molar refractivity (Wildman–Crippen MR) is 56.1 cm³/mol. The molecular formula is C11H12FNO3. The first-order valence-electron chi connectivity index (χ1n) is 5.05. The van der Waals surface area contributed by atoms with E-state index >= 15 is 0 Å². The van der Waals surface area contributed by atoms with Gasteiger partial charge in [0.05, 0.1) is 11.0 Å². The van der Waals surface area contributed by atoms with Gasteiger partial charge >= 0.3 is 0 Å². The molecule has 0 aliphatic heterocycles. The second-order valence-corrected chi connectivity index (χ2v) is 4.38. The van der Waals surface area contributed by atoms with Crippen molar-refractivity contribution in [2.24, 2.45) is 0 Å². The highest BCUT2D eigenvalue weighted by molar-refractivity contribution is 5.45. The quantitative estimate of drug-likeness (QED) is 0.587. The third-order valence-electron chi connectivity index (χ3n) is 2.76. The van der Waals surface area contributed by atoms with E-state index < -0.39 is 10.7 Å². The fraction of sp³-hybridized carbons (Fsp3) is 0.455. The summed E-state index contributed by atoms with van der Waals surface area (Å²) in [5.74, 6) is -0.575. The number of hydrogen-bond donors (Lipinski definition) is 0. The molecule has 16 heavy (non-hydrogen) atoms. The van der Waals surface area contributed by atoms with E-state index in [1.165, 1.54) is 6.07 Å². The SMILES string of the molecule is Cc1cc(OC2(C)CC2)c(F)cc1[N+](=O)[O-]. The second kappa shape index (κ2) is 3.43. The topological polar surface area (TPSA) is 52.4 Å². The maximum atomic E-state index is 13.5. The fourth-order valence-electron chi connectivity index (χ4n) is 1.46. The van der Waals surface area contributed by atoms with Crippen LogP contribution in [0.25, 0.3) is 0 Å². The molecule has 1 aliphatic rings. The largest absolute Gasteiger partial charge is 0.484 e. The standard InChI is InChI=1S/C11H12FNO3/c1-7-5-10(16-11(2)3-4-11)8(12)6-9(7)13(14)15/h5-6H,3-4H2,1-2H3. The first-order valence-corrected chi connectivity index (χ1v) is 5.05. The first kappa shape index (κ1) is 10.9. The van der Waals surface area contributed by atoms with Crippen LogP contribution in [0.3, 0.4) is 0 Å². The van der Waals surface area contributed by atoms with Crippen molar-refractivity contribution in [1.82, 2.24) is 0 Å². The lowest BCUT2D eigenvalue weighted by Crippen LogP contribution is -2.13. The van der Waals surface area contributed by atoms with Gasteiger partial charge in [-0.15, -0.1) is 0 Å². The molecule has 0 saturated heterocycles. The molecule has 2 rings (SSSR count). The number of halogens is 1. The number of rotatable bonds is 3. The number of hydrogen-bond acceptors (Lipinski definition) is 3. The summed E-state index contributed by atoms with van der Waals surface area (Å²) in [7, 11) is 0. The summed E-state index contributed by atoms with van der Waals surface area (Å²) >= 11 is 0. The van der Waals surface area contributed by atoms with Crippen LogP contribution in [-0.4, -0.2) is 10.5 Å². The minimum absolute atomic E-state index is 0.100. The predicted octanol–water partition coefficient (Wildman–Crippen LogP) is 2.97. The van der Waals surface area contributed by atoms with Gasteiger partial charge in [-0.1, -0.05) is 0 Å². The smallest absolute Gasteiger partial charge is 0.275 e. The molecular weight excluding hydrogens is 213 g/mol. The van der Waals surface area contributed by atoms with Crippen LogP contribution in [0, 0.1) is 22.9 Å². The molecule has 1 aromatic rings. The monoisotopic (exact) mass is 225 g/mol. The third kappa shape index (κ3) is 1.98. The van der Waals surface area contributed by atoms with Gasteiger partial charge in [0.15, 0.2) is 11.6 Å². The maximum Gasteiger partial charge on any atom is 0.275 e. The van der Waals surface area contributed by atoms with Crippen LogP contribution < -0.4 is 4.74 Å². The molecule has 1 aliphatic carbocycles. The van der Waals surface area contributed by atoms with Crippen molar-refractivity contribution in [3.63, 3.8) is 0 Å². The van der Waals surface area contributed by atoms with Gasteiger partial charge in [0.2, 0.25) is 0 Å². The van der Waals surface area contributed by atoms with Crippen LogP contribution in [0.15, 0.2) is 12.1 Å². The highest BCUT2D eigenvalue weighted by atomic mass is 19.1. The molecule has 1 saturated carbocycles. The van der Waals surface area contributed by atoms with Crippen LogP contribution in [-0.2, 0) is 0 Å². The Labute approximate surface area is 92.2 Å². The normalized spacial score (nSPS) is 16.9. The summed E-state index contributed by atoms with van der Waals surface area (Å²) in [5.41, 5.74) is -0.0971. The second-order valence-electron chi connectivity index (χ2n) is 4.38. The Kier molecular flexibility index (Phi) is 2.33. The number of benzene rings is 1. The van der Waals surface area contributed by atoms with E-state index in [0.29, 0.717) is 5.56 Å². The summed E-state index contributed by atoms with van der Waals surface area (Å²) in [4.78, 5) is 9.98. The number of ether oxygens (including phenoxy) is 1. The van der Waals surface area contributed by atoms with E-state index in [4.69, 9.17) is 4.74 Å². The Balaban J connectivity index is 2.33. The Morgan fingerprint density at radius 2 is 2.12 bits per heavy atom. The Hall–Kier alpha value is -1.65. The lowest BCUT2D eigenvalue weighted by molar-refractivity contribution is -0.385. The van der Waals surface area contributed by atoms with Gasteiger partial charge in [-0.05, 0) is 32.8 Å². The van der Waals surface area contributed by atoms with Crippen molar-refractivity contribution < 1.29 is 14.1 Å². The number of aryl methyl sites for hydroxylation is 1. The molecule has 0 amide bonds. The minimum Gasteiger partial charge on any atom is -0.484 e. The van der Waals surface area contributed by atoms with Crippen molar-refractivity contribution in [2.75, 3.05) is 0 Å². The molecule has 86 valence electrons. The van der Waals surface area contributed by atoms with E-state index in [1.54, 1.807) is 6.92 Å². The molecule has 5 heteroatoms. The average molecular weight is 225 g/mol. The molecule has 4 nitrogen and oxygen atoms in total. The Bertz CT molecular complexity index is 455. The zero-order chi connectivity index (χ0) is 11.9. The summed E-state index contributed by atoms with van der Waals surface area (Å²) in [6.45, 7) is 3.46. The third-order valence-corrected chi connectivity index (χ3v) is 2.76. The van der Waals surface area contributed by atoms with Gasteiger partial charge in [0, 0.05) is 5.56 Å². The molecule has 1 fully saturated rings. The van der Waals surface area contributed by atoms with E-state index in [9.17, 15) is 14.5 Å². The van der Waals surface area contributed by atoms with E-state index in [0.717, 1.165) is 18.9 Å². The average Bonchev–Trinajstić information content (AvgIpc) is 2.89. The van der Waals surface area contributed by atoms with Gasteiger partial charge in [-0.2, -0.15) is 0 Å². The van der Waals surface area contributed by atoms with Crippen LogP contribution in [0.1, 0.15) is 25.3 Å². The van der Waals surface area contributed by atoms with Crippen molar-refractivity contribution in [3.8, 4) is 5.75 Å². The van der Waals surface area contributed by atoms with E-state index in [2.05, 4.69) is 0 Å². The fourth-order valence-corrected chi connectivity index (χ4v) is 1.46. The molecule has 0 atom stereocenters. The molecule has 0 radical (unpaired) electrons. The number of nitrogens with zero attached hydrogens (tertiary/aromatic N) is 1. The lowest BCUT2D eigenvalue weighted by Gasteiger charge is -2.13. The molecule has 0 heterocycles. The van der Waals surface area contributed by atoms with Crippen molar-refractivity contribution in [3.05, 3.63) is 33.6 Å². The van der Waals surface area contributed by atoms with Crippen LogP contribution in [0.4, 0.5) is 10.1 Å². The maximum absolute atomic E-state index is 13.5. The summed E-state index contributed by atoms with van der Waals surface area (Å²) in [6.07, 6.45) is 1.78. The van der Waals surface area contributed by atoms with Crippen molar-refractivity contribution in [2.45, 2.75) is 32.3 Å². The van der Waals surface area contributed by atoms with Gasteiger partial charge in [-0.3, -0.25) is 10.1 Å². The minimum atomic E-state index is -0.676. The van der Waals surface area contributed by atoms with Crippen LogP contribution in [0.5, 0.6) is 5.75 Å². The van der Waals surface area contributed by atoms with Gasteiger partial charge in [-0.25, -0.2) is 4.39 Å². The first-order chi connectivity index (χ1) is 7.41. The zero-order valence-corrected chi connectivity index (χ0v) is 9.12. The van der Waals surface area contributed by atoms with Crippen LogP contribution >= 0.6 is 0 Å². The number of nitro groups is 1. The lowest BCUT2D eigenvalue weighted by atomic mass is 10.2. The molecule has 0 unspecified atom stereocenters. The molecule has 1 aromatic carbocycles. The van der Waals surface area contributed by atoms with E-state index in [1.807, 2.05) is 6.92 Å². The Morgan fingerprint density at radius 3 is 2.62 bits per heavy atom. The van der Waals surface area contributed by atoms with Crippen LogP contribution in [0.2, 0.25) is 0 Å². The van der Waals surface area contributed by atoms with Gasteiger partial charge in [0.1, 0.15) is 5.60 Å². The van der Waals surface area contributed by atoms with Gasteiger partial charge < -0.3 is 4.74 Å². The van der Waals surface area contributed by atoms with E-state index in [-0.39, 0.29) is 17.0 Å². The Morgan fingerprint density at radius 1 is 1.50 bits per heavy atom. The molecule has 0 bridgehead atoms. The van der Waals surface area contributed by atoms with Gasteiger partial charge in [0.25, 0.3) is 5.69 Å². The highest BCUT2D eigenvalue weighted by Crippen LogP contribution is 2.41. The summed E-state index contributed by atoms with van der Waals surface area (Å²) in [6, 6.07) is 2.30. The number of nitro benzene ring substituents is 1. The summed E-state index contributed by atoms with van der Waals surface area (Å²) < 4.78 is 19.0. The molecule has 0 N–H and O–H groups in total. The molecule has 0 spiro atoms. The van der Waals surface area contributed by atoms with Crippen molar-refractivity contribution in [1.29, 1.82) is 0 Å². The summed E-state index contributed by atoms with van der Waals surface area (Å²) in [5, 5.41) is 10.6. The zero-order valence-electron chi connectivity index (χ0n) is 9.12. The van der Waals surface area contributed by atoms with Crippen molar-refractivity contribution >= 4 is 5.69 Å². The highest BCUT2D eigenvalue weighted by Gasteiger charge is 2.40. The molecule has 0 aromatic heterocycles.